The molecule has 2 N–H and O–H groups in total. The molecule has 0 aliphatic carbocycles. The molecule has 0 saturated carbocycles. The Morgan fingerprint density at radius 1 is 1.04 bits per heavy atom. The standard InChI is InChI=1S/C21H13ClN4OS/c22-15-8-6-14(7-9-15)19-16(10-23)20(25)26-21(17(19)11-24)28-12-18(27)13-4-2-1-3-5-13/h1-9H,12H2,(H2,25,26). The lowest BCUT2D eigenvalue weighted by Gasteiger charge is -2.13. The van der Waals surface area contributed by atoms with Crippen molar-refractivity contribution in [3.8, 4) is 23.3 Å². The van der Waals surface area contributed by atoms with E-state index < -0.39 is 0 Å². The Morgan fingerprint density at radius 3 is 2.29 bits per heavy atom. The van der Waals surface area contributed by atoms with Gasteiger partial charge in [-0.2, -0.15) is 10.5 Å². The first-order valence-corrected chi connectivity index (χ1v) is 9.52. The molecule has 0 aliphatic heterocycles. The third-order valence-corrected chi connectivity index (χ3v) is 5.21. The number of halogens is 1. The summed E-state index contributed by atoms with van der Waals surface area (Å²) in [6.07, 6.45) is 0. The number of nitriles is 2. The maximum Gasteiger partial charge on any atom is 0.173 e. The van der Waals surface area contributed by atoms with E-state index in [1.165, 1.54) is 0 Å². The van der Waals surface area contributed by atoms with Crippen molar-refractivity contribution >= 4 is 35.0 Å². The molecule has 0 saturated heterocycles. The smallest absolute Gasteiger partial charge is 0.173 e. The highest BCUT2D eigenvalue weighted by Crippen LogP contribution is 2.36. The summed E-state index contributed by atoms with van der Waals surface area (Å²) in [7, 11) is 0. The van der Waals surface area contributed by atoms with Crippen LogP contribution in [0.15, 0.2) is 59.6 Å². The maximum absolute atomic E-state index is 12.4. The largest absolute Gasteiger partial charge is 0.383 e. The molecule has 0 fully saturated rings. The molecule has 0 aliphatic rings. The number of benzene rings is 2. The highest BCUT2D eigenvalue weighted by molar-refractivity contribution is 8.00. The minimum absolute atomic E-state index is 0.0149. The fraction of sp³-hybridized carbons (Fsp3) is 0.0476. The number of thioether (sulfide) groups is 1. The average Bonchev–Trinajstić information content (AvgIpc) is 2.72. The van der Waals surface area contributed by atoms with Gasteiger partial charge < -0.3 is 5.73 Å². The molecule has 7 heteroatoms. The second kappa shape index (κ2) is 8.58. The van der Waals surface area contributed by atoms with E-state index in [-0.39, 0.29) is 28.5 Å². The molecule has 136 valence electrons. The molecule has 3 rings (SSSR count). The second-order valence-electron chi connectivity index (χ2n) is 5.74. The number of aromatic nitrogens is 1. The van der Waals surface area contributed by atoms with Crippen LogP contribution in [0.25, 0.3) is 11.1 Å². The van der Waals surface area contributed by atoms with Crippen molar-refractivity contribution in [2.45, 2.75) is 5.03 Å². The Labute approximate surface area is 171 Å². The molecule has 0 unspecified atom stereocenters. The van der Waals surface area contributed by atoms with E-state index in [1.54, 1.807) is 48.5 Å². The summed E-state index contributed by atoms with van der Waals surface area (Å²) < 4.78 is 0. The predicted molar refractivity (Wildman–Crippen MR) is 110 cm³/mol. The molecule has 5 nitrogen and oxygen atoms in total. The minimum Gasteiger partial charge on any atom is -0.383 e. The van der Waals surface area contributed by atoms with Gasteiger partial charge in [0, 0.05) is 16.1 Å². The zero-order valence-electron chi connectivity index (χ0n) is 14.5. The number of rotatable bonds is 5. The number of Topliss-reactive ketones (excluding diaryl/α,β-unsaturated/α-hetero) is 1. The van der Waals surface area contributed by atoms with Gasteiger partial charge in [0.05, 0.1) is 11.3 Å². The van der Waals surface area contributed by atoms with E-state index in [0.717, 1.165) is 11.8 Å². The highest BCUT2D eigenvalue weighted by atomic mass is 35.5. The summed E-state index contributed by atoms with van der Waals surface area (Å²) in [5, 5.41) is 20.1. The summed E-state index contributed by atoms with van der Waals surface area (Å²) in [5.41, 5.74) is 7.90. The van der Waals surface area contributed by atoms with Gasteiger partial charge in [-0.3, -0.25) is 4.79 Å². The van der Waals surface area contributed by atoms with Crippen molar-refractivity contribution in [2.24, 2.45) is 0 Å². The lowest BCUT2D eigenvalue weighted by atomic mass is 9.97. The Balaban J connectivity index is 2.03. The van der Waals surface area contributed by atoms with Crippen LogP contribution in [-0.4, -0.2) is 16.5 Å². The SMILES string of the molecule is N#Cc1c(N)nc(SCC(=O)c2ccccc2)c(C#N)c1-c1ccc(Cl)cc1. The summed E-state index contributed by atoms with van der Waals surface area (Å²) in [6, 6.07) is 19.8. The van der Waals surface area contributed by atoms with Crippen molar-refractivity contribution < 1.29 is 4.79 Å². The van der Waals surface area contributed by atoms with Gasteiger partial charge in [0.2, 0.25) is 0 Å². The van der Waals surface area contributed by atoms with Crippen LogP contribution < -0.4 is 5.73 Å². The van der Waals surface area contributed by atoms with E-state index >= 15 is 0 Å². The van der Waals surface area contributed by atoms with Crippen molar-refractivity contribution in [2.75, 3.05) is 11.5 Å². The fourth-order valence-corrected chi connectivity index (χ4v) is 3.66. The fourth-order valence-electron chi connectivity index (χ4n) is 2.65. The molecular formula is C21H13ClN4OS. The van der Waals surface area contributed by atoms with Gasteiger partial charge in [-0.25, -0.2) is 4.98 Å². The predicted octanol–water partition coefficient (Wildman–Crippen LogP) is 4.70. The van der Waals surface area contributed by atoms with Gasteiger partial charge >= 0.3 is 0 Å². The van der Waals surface area contributed by atoms with Crippen LogP contribution in [-0.2, 0) is 0 Å². The monoisotopic (exact) mass is 404 g/mol. The summed E-state index contributed by atoms with van der Waals surface area (Å²) in [4.78, 5) is 16.6. The van der Waals surface area contributed by atoms with Gasteiger partial charge in [-0.05, 0) is 17.7 Å². The number of nitrogens with zero attached hydrogens (tertiary/aromatic N) is 3. The molecule has 28 heavy (non-hydrogen) atoms. The average molecular weight is 405 g/mol. The number of pyridine rings is 1. The number of hydrogen-bond donors (Lipinski definition) is 1. The summed E-state index contributed by atoms with van der Waals surface area (Å²) >= 11 is 7.06. The zero-order chi connectivity index (χ0) is 20.1. The molecule has 3 aromatic rings. The number of carbonyl (C=O) groups is 1. The van der Waals surface area contributed by atoms with E-state index in [4.69, 9.17) is 17.3 Å². The van der Waals surface area contributed by atoms with Crippen molar-refractivity contribution in [3.63, 3.8) is 0 Å². The maximum atomic E-state index is 12.4. The molecule has 0 spiro atoms. The van der Waals surface area contributed by atoms with Gasteiger partial charge in [0.25, 0.3) is 0 Å². The van der Waals surface area contributed by atoms with Crippen LogP contribution in [0.5, 0.6) is 0 Å². The van der Waals surface area contributed by atoms with Crippen molar-refractivity contribution in [1.82, 2.24) is 4.98 Å². The van der Waals surface area contributed by atoms with Crippen molar-refractivity contribution in [1.29, 1.82) is 10.5 Å². The normalized spacial score (nSPS) is 10.1. The summed E-state index contributed by atoms with van der Waals surface area (Å²) in [5.74, 6) is 0.0188. The molecule has 2 aromatic carbocycles. The van der Waals surface area contributed by atoms with Crippen molar-refractivity contribution in [3.05, 3.63) is 76.3 Å². The van der Waals surface area contributed by atoms with Crippen LogP contribution in [0.4, 0.5) is 5.82 Å². The Hall–Kier alpha value is -3.32. The number of nitrogen functional groups attached to an aromatic ring is 1. The Bertz CT molecular complexity index is 1120. The summed E-state index contributed by atoms with van der Waals surface area (Å²) in [6.45, 7) is 0. The first-order chi connectivity index (χ1) is 13.5. The van der Waals surface area contributed by atoms with E-state index in [0.29, 0.717) is 26.7 Å². The van der Waals surface area contributed by atoms with Gasteiger partial charge in [0.15, 0.2) is 5.78 Å². The van der Waals surface area contributed by atoms with E-state index in [2.05, 4.69) is 11.1 Å². The lowest BCUT2D eigenvalue weighted by Crippen LogP contribution is -2.06. The Kier molecular flexibility index (Phi) is 5.96. The highest BCUT2D eigenvalue weighted by Gasteiger charge is 2.21. The minimum atomic E-state index is -0.0905. The zero-order valence-corrected chi connectivity index (χ0v) is 16.1. The molecule has 0 amide bonds. The molecule has 0 radical (unpaired) electrons. The van der Waals surface area contributed by atoms with E-state index in [1.807, 2.05) is 12.1 Å². The van der Waals surface area contributed by atoms with Crippen LogP contribution in [0.1, 0.15) is 21.5 Å². The quantitative estimate of drug-likeness (QED) is 0.488. The van der Waals surface area contributed by atoms with Gasteiger partial charge in [0.1, 0.15) is 28.5 Å². The molecule has 0 bridgehead atoms. The number of carbonyl (C=O) groups excluding carboxylic acids is 1. The number of hydrogen-bond acceptors (Lipinski definition) is 6. The first kappa shape index (κ1) is 19.4. The third-order valence-electron chi connectivity index (χ3n) is 3.98. The van der Waals surface area contributed by atoms with Crippen LogP contribution >= 0.6 is 23.4 Å². The molecule has 1 aromatic heterocycles. The second-order valence-corrected chi connectivity index (χ2v) is 7.14. The third kappa shape index (κ3) is 3.99. The number of ketones is 1. The van der Waals surface area contributed by atoms with Crippen LogP contribution in [0, 0.1) is 22.7 Å². The van der Waals surface area contributed by atoms with Gasteiger partial charge in [-0.1, -0.05) is 65.8 Å². The number of anilines is 1. The Morgan fingerprint density at radius 2 is 1.68 bits per heavy atom. The van der Waals surface area contributed by atoms with Gasteiger partial charge in [-0.15, -0.1) is 0 Å². The number of nitrogens with two attached hydrogens (primary N) is 1. The molecular weight excluding hydrogens is 392 g/mol. The topological polar surface area (TPSA) is 104 Å². The van der Waals surface area contributed by atoms with Crippen LogP contribution in [0.3, 0.4) is 0 Å². The van der Waals surface area contributed by atoms with Crippen LogP contribution in [0.2, 0.25) is 5.02 Å². The first-order valence-electron chi connectivity index (χ1n) is 8.15. The lowest BCUT2D eigenvalue weighted by molar-refractivity contribution is 0.102. The van der Waals surface area contributed by atoms with E-state index in [9.17, 15) is 15.3 Å². The molecule has 1 heterocycles. The molecule has 0 atom stereocenters.